The molecule has 0 atom stereocenters. The number of hydrogen-bond donors (Lipinski definition) is 2. The maximum absolute atomic E-state index is 11.8. The van der Waals surface area contributed by atoms with Crippen LogP contribution in [0.4, 0.5) is 5.69 Å². The summed E-state index contributed by atoms with van der Waals surface area (Å²) in [5.41, 5.74) is 6.72. The molecule has 0 fully saturated rings. The lowest BCUT2D eigenvalue weighted by Gasteiger charge is -2.11. The van der Waals surface area contributed by atoms with Crippen molar-refractivity contribution in [2.24, 2.45) is 0 Å². The van der Waals surface area contributed by atoms with Gasteiger partial charge < -0.3 is 20.7 Å². The zero-order valence-corrected chi connectivity index (χ0v) is 14.1. The molecule has 0 unspecified atom stereocenters. The van der Waals surface area contributed by atoms with Crippen molar-refractivity contribution in [3.05, 3.63) is 28.2 Å². The summed E-state index contributed by atoms with van der Waals surface area (Å²) < 4.78 is 6.24. The maximum Gasteiger partial charge on any atom is 0.253 e. The number of ether oxygens (including phenoxy) is 1. The number of benzene rings is 1. The minimum absolute atomic E-state index is 0. The third-order valence-corrected chi connectivity index (χ3v) is 2.97. The fourth-order valence-corrected chi connectivity index (χ4v) is 1.80. The summed E-state index contributed by atoms with van der Waals surface area (Å²) in [4.78, 5) is 13.9. The van der Waals surface area contributed by atoms with Crippen molar-refractivity contribution in [2.45, 2.75) is 0 Å². The Morgan fingerprint density at radius 2 is 2.10 bits per heavy atom. The third kappa shape index (κ3) is 7.09. The third-order valence-electron chi connectivity index (χ3n) is 2.47. The number of nitrogens with one attached hydrogen (secondary N) is 1. The van der Waals surface area contributed by atoms with Crippen LogP contribution in [0.5, 0.6) is 0 Å². The van der Waals surface area contributed by atoms with Crippen molar-refractivity contribution in [1.82, 2.24) is 10.2 Å². The van der Waals surface area contributed by atoms with Gasteiger partial charge in [0.15, 0.2) is 0 Å². The van der Waals surface area contributed by atoms with Crippen LogP contribution in [0.25, 0.3) is 0 Å². The summed E-state index contributed by atoms with van der Waals surface area (Å²) in [7, 11) is 3.98. The van der Waals surface area contributed by atoms with Crippen molar-refractivity contribution in [3.63, 3.8) is 0 Å². The van der Waals surface area contributed by atoms with Crippen LogP contribution in [-0.4, -0.2) is 51.2 Å². The van der Waals surface area contributed by atoms with Gasteiger partial charge in [-0.3, -0.25) is 4.79 Å². The second-order valence-electron chi connectivity index (χ2n) is 4.40. The average Bonchev–Trinajstić information content (AvgIpc) is 2.32. The Balaban J connectivity index is 0.00000361. The number of hydrogen-bond acceptors (Lipinski definition) is 4. The summed E-state index contributed by atoms with van der Waals surface area (Å²) in [6.07, 6.45) is 0. The molecule has 0 spiro atoms. The number of carbonyl (C=O) groups excluding carboxylic acids is 1. The van der Waals surface area contributed by atoms with E-state index in [1.165, 1.54) is 0 Å². The topological polar surface area (TPSA) is 67.6 Å². The molecule has 114 valence electrons. The van der Waals surface area contributed by atoms with Crippen LogP contribution in [0.15, 0.2) is 22.7 Å². The number of nitrogen functional groups attached to an aromatic ring is 1. The Bertz CT molecular complexity index is 430. The molecule has 0 radical (unpaired) electrons. The van der Waals surface area contributed by atoms with E-state index in [0.717, 1.165) is 11.0 Å². The van der Waals surface area contributed by atoms with Gasteiger partial charge in [-0.15, -0.1) is 12.4 Å². The van der Waals surface area contributed by atoms with E-state index >= 15 is 0 Å². The van der Waals surface area contributed by atoms with Crippen LogP contribution in [0.3, 0.4) is 0 Å². The van der Waals surface area contributed by atoms with Gasteiger partial charge >= 0.3 is 0 Å². The van der Waals surface area contributed by atoms with Crippen molar-refractivity contribution < 1.29 is 9.53 Å². The molecule has 0 saturated heterocycles. The van der Waals surface area contributed by atoms with Gasteiger partial charge in [0.05, 0.1) is 18.8 Å². The van der Waals surface area contributed by atoms with E-state index in [4.69, 9.17) is 10.5 Å². The molecule has 5 nitrogen and oxygen atoms in total. The summed E-state index contributed by atoms with van der Waals surface area (Å²) in [5, 5.41) is 2.77. The van der Waals surface area contributed by atoms with Gasteiger partial charge in [-0.05, 0) is 32.3 Å². The number of halogens is 2. The van der Waals surface area contributed by atoms with E-state index < -0.39 is 0 Å². The summed E-state index contributed by atoms with van der Waals surface area (Å²) >= 11 is 3.30. The highest BCUT2D eigenvalue weighted by atomic mass is 79.9. The zero-order valence-electron chi connectivity index (χ0n) is 11.7. The van der Waals surface area contributed by atoms with E-state index in [1.807, 2.05) is 19.0 Å². The Morgan fingerprint density at radius 3 is 2.70 bits per heavy atom. The summed E-state index contributed by atoms with van der Waals surface area (Å²) in [5.74, 6) is -0.179. The molecule has 7 heteroatoms. The lowest BCUT2D eigenvalue weighted by molar-refractivity contribution is 0.0901. The minimum Gasteiger partial charge on any atom is -0.398 e. The summed E-state index contributed by atoms with van der Waals surface area (Å²) in [6.45, 7) is 2.49. The van der Waals surface area contributed by atoms with E-state index in [2.05, 4.69) is 21.2 Å². The number of nitrogens with zero attached hydrogens (tertiary/aromatic N) is 1. The molecular weight excluding hydrogens is 346 g/mol. The fraction of sp³-hybridized carbons (Fsp3) is 0.462. The highest BCUT2D eigenvalue weighted by Crippen LogP contribution is 2.18. The molecule has 1 rings (SSSR count). The number of carbonyl (C=O) groups is 1. The standard InChI is InChI=1S/C13H20BrN3O2.ClH/c1-17(2)6-8-19-7-5-16-13(18)11-4-3-10(14)9-12(11)15;/h3-4,9H,5-8,15H2,1-2H3,(H,16,18);1H. The van der Waals surface area contributed by atoms with Gasteiger partial charge in [-0.25, -0.2) is 0 Å². The second-order valence-corrected chi connectivity index (χ2v) is 5.32. The van der Waals surface area contributed by atoms with E-state index in [-0.39, 0.29) is 18.3 Å². The van der Waals surface area contributed by atoms with Crippen molar-refractivity contribution >= 4 is 39.9 Å². The van der Waals surface area contributed by atoms with Gasteiger partial charge in [0.25, 0.3) is 5.91 Å². The molecule has 0 saturated carbocycles. The Kier molecular flexibility index (Phi) is 9.58. The molecule has 0 aliphatic heterocycles. The molecule has 0 heterocycles. The van der Waals surface area contributed by atoms with Crippen molar-refractivity contribution in [2.75, 3.05) is 46.1 Å². The average molecular weight is 367 g/mol. The van der Waals surface area contributed by atoms with E-state index in [9.17, 15) is 4.79 Å². The Labute approximate surface area is 134 Å². The first-order valence-electron chi connectivity index (χ1n) is 6.06. The molecule has 1 amide bonds. The summed E-state index contributed by atoms with van der Waals surface area (Å²) in [6, 6.07) is 5.20. The lowest BCUT2D eigenvalue weighted by atomic mass is 10.1. The first kappa shape index (κ1) is 19.2. The van der Waals surface area contributed by atoms with Crippen LogP contribution in [0, 0.1) is 0 Å². The van der Waals surface area contributed by atoms with Gasteiger partial charge in [0.1, 0.15) is 0 Å². The number of anilines is 1. The SMILES string of the molecule is CN(C)CCOCCNC(=O)c1ccc(Br)cc1N.Cl. The molecule has 0 aromatic heterocycles. The molecule has 0 aliphatic rings. The van der Waals surface area contributed by atoms with Crippen molar-refractivity contribution in [1.29, 1.82) is 0 Å². The van der Waals surface area contributed by atoms with Gasteiger partial charge in [0.2, 0.25) is 0 Å². The molecule has 0 bridgehead atoms. The fourth-order valence-electron chi connectivity index (χ4n) is 1.42. The van der Waals surface area contributed by atoms with Crippen LogP contribution < -0.4 is 11.1 Å². The highest BCUT2D eigenvalue weighted by molar-refractivity contribution is 9.10. The number of amides is 1. The monoisotopic (exact) mass is 365 g/mol. The smallest absolute Gasteiger partial charge is 0.253 e. The largest absolute Gasteiger partial charge is 0.398 e. The molecule has 1 aromatic carbocycles. The van der Waals surface area contributed by atoms with E-state index in [0.29, 0.717) is 31.0 Å². The molecular formula is C13H21BrClN3O2. The Morgan fingerprint density at radius 1 is 1.40 bits per heavy atom. The second kappa shape index (κ2) is 9.99. The highest BCUT2D eigenvalue weighted by Gasteiger charge is 2.08. The van der Waals surface area contributed by atoms with Crippen LogP contribution in [-0.2, 0) is 4.74 Å². The molecule has 1 aromatic rings. The molecule has 3 N–H and O–H groups in total. The molecule has 20 heavy (non-hydrogen) atoms. The lowest BCUT2D eigenvalue weighted by Crippen LogP contribution is -2.28. The minimum atomic E-state index is -0.179. The predicted molar refractivity (Wildman–Crippen MR) is 87.5 cm³/mol. The van der Waals surface area contributed by atoms with Crippen LogP contribution >= 0.6 is 28.3 Å². The van der Waals surface area contributed by atoms with E-state index in [1.54, 1.807) is 18.2 Å². The van der Waals surface area contributed by atoms with Gasteiger partial charge in [-0.2, -0.15) is 0 Å². The first-order valence-corrected chi connectivity index (χ1v) is 6.85. The quantitative estimate of drug-likeness (QED) is 0.570. The zero-order chi connectivity index (χ0) is 14.3. The number of likely N-dealkylation sites (N-methyl/N-ethyl adjacent to an activating group) is 1. The number of nitrogens with two attached hydrogens (primary N) is 1. The predicted octanol–water partition coefficient (Wildman–Crippen LogP) is 1.76. The van der Waals surface area contributed by atoms with Crippen LogP contribution in [0.2, 0.25) is 0 Å². The van der Waals surface area contributed by atoms with Crippen LogP contribution in [0.1, 0.15) is 10.4 Å². The van der Waals surface area contributed by atoms with Crippen molar-refractivity contribution in [3.8, 4) is 0 Å². The van der Waals surface area contributed by atoms with Gasteiger partial charge in [-0.1, -0.05) is 15.9 Å². The molecule has 0 aliphatic carbocycles. The maximum atomic E-state index is 11.8. The van der Waals surface area contributed by atoms with Gasteiger partial charge in [0, 0.05) is 23.2 Å². The number of rotatable bonds is 7. The first-order chi connectivity index (χ1) is 9.00. The Hall–Kier alpha value is -0.820. The normalized spacial score (nSPS) is 10.2.